The Morgan fingerprint density at radius 3 is 2.03 bits per heavy atom. The summed E-state index contributed by atoms with van der Waals surface area (Å²) in [4.78, 5) is 0. The van der Waals surface area contributed by atoms with Gasteiger partial charge in [-0.25, -0.2) is 0 Å². The van der Waals surface area contributed by atoms with E-state index in [-0.39, 0.29) is 0 Å². The van der Waals surface area contributed by atoms with E-state index in [0.29, 0.717) is 0 Å². The Hall–Kier alpha value is -3.86. The molecule has 0 aromatic heterocycles. The molecule has 3 nitrogen and oxygen atoms in total. The molecule has 1 aliphatic carbocycles. The maximum Gasteiger partial charge on any atom is 0.330 e. The van der Waals surface area contributed by atoms with E-state index < -0.39 is 16.6 Å². The van der Waals surface area contributed by atoms with Gasteiger partial charge in [-0.15, -0.1) is 0 Å². The minimum atomic E-state index is -1.00. The van der Waals surface area contributed by atoms with Crippen molar-refractivity contribution >= 4 is 23.7 Å². The lowest BCUT2D eigenvalue weighted by Crippen LogP contribution is -2.49. The molecule has 0 saturated carbocycles. The van der Waals surface area contributed by atoms with Crippen molar-refractivity contribution in [3.05, 3.63) is 125 Å². The van der Waals surface area contributed by atoms with E-state index in [9.17, 15) is 5.11 Å². The molecule has 0 unspecified atom stereocenters. The van der Waals surface area contributed by atoms with Gasteiger partial charge in [-0.3, -0.25) is 0 Å². The van der Waals surface area contributed by atoms with E-state index in [1.165, 1.54) is 33.0 Å². The fourth-order valence-corrected chi connectivity index (χ4v) is 6.12. The molecule has 191 valence electrons. The van der Waals surface area contributed by atoms with Crippen LogP contribution >= 0.6 is 0 Å². The highest BCUT2D eigenvalue weighted by molar-refractivity contribution is 6.47. The summed E-state index contributed by atoms with van der Waals surface area (Å²) >= 11 is 0. The Morgan fingerprint density at radius 1 is 0.692 bits per heavy atom. The number of hydrogen-bond acceptors (Lipinski definition) is 3. The first-order chi connectivity index (χ1) is 18.7. The minimum Gasteiger partial charge on any atom is -0.457 e. The summed E-state index contributed by atoms with van der Waals surface area (Å²) in [5.41, 5.74) is 5.84. The highest BCUT2D eigenvalue weighted by Crippen LogP contribution is 2.62. The first-order valence-corrected chi connectivity index (χ1v) is 13.5. The number of aliphatic hydroxyl groups is 1. The fraction of sp³-hybridized carbons (Fsp3) is 0.200. The van der Waals surface area contributed by atoms with Crippen molar-refractivity contribution in [3.8, 4) is 22.6 Å². The van der Waals surface area contributed by atoms with Gasteiger partial charge >= 0.3 is 7.48 Å². The smallest absolute Gasteiger partial charge is 0.330 e. The zero-order valence-electron chi connectivity index (χ0n) is 22.7. The van der Waals surface area contributed by atoms with E-state index in [1.807, 2.05) is 26.0 Å². The second-order valence-electron chi connectivity index (χ2n) is 11.7. The van der Waals surface area contributed by atoms with Crippen molar-refractivity contribution < 1.29 is 14.5 Å². The summed E-state index contributed by atoms with van der Waals surface area (Å²) in [6.45, 7) is 7.36. The molecule has 7 rings (SSSR count). The Kier molecular flexibility index (Phi) is 5.16. The van der Waals surface area contributed by atoms with Gasteiger partial charge in [0.15, 0.2) is 0 Å². The normalized spacial score (nSPS) is 14.8. The van der Waals surface area contributed by atoms with Gasteiger partial charge in [0.1, 0.15) is 11.5 Å². The van der Waals surface area contributed by atoms with Crippen LogP contribution in [-0.2, 0) is 10.1 Å². The van der Waals surface area contributed by atoms with Gasteiger partial charge in [-0.2, -0.15) is 0 Å². The third kappa shape index (κ3) is 3.38. The quantitative estimate of drug-likeness (QED) is 0.257. The van der Waals surface area contributed by atoms with Gasteiger partial charge in [0.25, 0.3) is 0 Å². The molecule has 1 heterocycles. The molecule has 39 heavy (non-hydrogen) atoms. The van der Waals surface area contributed by atoms with Gasteiger partial charge in [0.2, 0.25) is 0 Å². The predicted octanol–water partition coefficient (Wildman–Crippen LogP) is 7.12. The average Bonchev–Trinajstić information content (AvgIpc) is 3.22. The summed E-state index contributed by atoms with van der Waals surface area (Å²) in [5.74, 6) is 1.74. The topological polar surface area (TPSA) is 38.7 Å². The van der Waals surface area contributed by atoms with Crippen LogP contribution in [0, 0.1) is 0 Å². The van der Waals surface area contributed by atoms with Gasteiger partial charge in [-0.05, 0) is 72.9 Å². The number of fused-ring (bicyclic) bond motifs is 11. The summed E-state index contributed by atoms with van der Waals surface area (Å²) in [6, 6.07) is 36.6. The van der Waals surface area contributed by atoms with Gasteiger partial charge in [-0.1, -0.05) is 96.5 Å². The Morgan fingerprint density at radius 2 is 1.33 bits per heavy atom. The lowest BCUT2D eigenvalue weighted by molar-refractivity contribution is -0.0893. The van der Waals surface area contributed by atoms with Crippen molar-refractivity contribution in [2.24, 2.45) is 0 Å². The number of hydrogen-bond donors (Lipinski definition) is 1. The highest BCUT2D eigenvalue weighted by atomic mass is 16.5. The molecule has 0 atom stereocenters. The van der Waals surface area contributed by atoms with Crippen LogP contribution in [0.2, 0.25) is 0 Å². The second kappa shape index (κ2) is 8.32. The summed E-state index contributed by atoms with van der Waals surface area (Å²) < 4.78 is 12.7. The van der Waals surface area contributed by atoms with Crippen LogP contribution in [0.4, 0.5) is 0 Å². The molecule has 5 aromatic rings. The molecule has 1 spiro atoms. The molecule has 4 heteroatoms. The van der Waals surface area contributed by atoms with Crippen molar-refractivity contribution in [2.45, 2.75) is 44.3 Å². The first kappa shape index (κ1) is 24.2. The minimum absolute atomic E-state index is 0.546. The lowest BCUT2D eigenvalue weighted by atomic mass is 9.65. The molecule has 0 saturated heterocycles. The molecule has 1 N–H and O–H groups in total. The molecular weight excluding hydrogens is 479 g/mol. The van der Waals surface area contributed by atoms with Gasteiger partial charge in [0, 0.05) is 11.1 Å². The maximum atomic E-state index is 10.7. The summed E-state index contributed by atoms with van der Waals surface area (Å²) in [7, 11) is 1.78. The van der Waals surface area contributed by atoms with E-state index in [4.69, 9.17) is 9.39 Å². The summed E-state index contributed by atoms with van der Waals surface area (Å²) in [6.07, 6.45) is 0. The van der Waals surface area contributed by atoms with E-state index in [0.717, 1.165) is 28.1 Å². The van der Waals surface area contributed by atoms with Crippen LogP contribution < -0.4 is 10.2 Å². The molecule has 0 bridgehead atoms. The van der Waals surface area contributed by atoms with E-state index >= 15 is 0 Å². The van der Waals surface area contributed by atoms with Crippen LogP contribution in [0.1, 0.15) is 49.9 Å². The number of ether oxygens (including phenoxy) is 1. The van der Waals surface area contributed by atoms with Crippen LogP contribution in [0.15, 0.2) is 103 Å². The second-order valence-corrected chi connectivity index (χ2v) is 11.7. The van der Waals surface area contributed by atoms with E-state index in [2.05, 4.69) is 91.0 Å². The zero-order valence-corrected chi connectivity index (χ0v) is 22.7. The van der Waals surface area contributed by atoms with Crippen molar-refractivity contribution in [1.82, 2.24) is 0 Å². The zero-order chi connectivity index (χ0) is 27.0. The third-order valence-corrected chi connectivity index (χ3v) is 8.82. The van der Waals surface area contributed by atoms with Crippen molar-refractivity contribution in [2.75, 3.05) is 0 Å². The fourth-order valence-electron chi connectivity index (χ4n) is 6.12. The average molecular weight is 509 g/mol. The molecule has 2 aliphatic rings. The van der Waals surface area contributed by atoms with Crippen molar-refractivity contribution in [3.63, 3.8) is 0 Å². The van der Waals surface area contributed by atoms with Crippen LogP contribution in [0.3, 0.4) is 0 Å². The number of benzene rings is 5. The molecule has 1 radical (unpaired) electrons. The molecule has 1 aliphatic heterocycles. The summed E-state index contributed by atoms with van der Waals surface area (Å²) in [5, 5.41) is 13.1. The SMILES string of the molecule is CC(C)(O)C(C)(C)O[B]c1ccc2c(c1)C1(c3ccccc3Oc3ccccc31)c1ccc3ccccc3c1-2. The van der Waals surface area contributed by atoms with Crippen molar-refractivity contribution in [1.29, 1.82) is 0 Å². The monoisotopic (exact) mass is 509 g/mol. The third-order valence-electron chi connectivity index (χ3n) is 8.82. The Labute approximate surface area is 230 Å². The molecule has 0 amide bonds. The first-order valence-electron chi connectivity index (χ1n) is 13.5. The van der Waals surface area contributed by atoms with E-state index in [1.54, 1.807) is 21.3 Å². The standard InChI is InChI=1S/C35H30BO3/c1-33(2,37)34(3,4)39-36-23-18-19-25-29(21-23)35(28-20-17-22-11-5-6-12-24(22)32(25)28)26-13-7-9-15-30(26)38-31-16-10-8-14-27(31)35/h5-21,37H,1-4H3. The van der Waals surface area contributed by atoms with Crippen LogP contribution in [-0.4, -0.2) is 23.8 Å². The highest BCUT2D eigenvalue weighted by Gasteiger charge is 2.51. The molecular formula is C35H30BO3. The Balaban J connectivity index is 1.53. The molecule has 5 aromatic carbocycles. The predicted molar refractivity (Wildman–Crippen MR) is 158 cm³/mol. The van der Waals surface area contributed by atoms with Crippen LogP contribution in [0.25, 0.3) is 21.9 Å². The Bertz CT molecular complexity index is 1720. The lowest BCUT2D eigenvalue weighted by Gasteiger charge is -2.39. The number of rotatable bonds is 4. The van der Waals surface area contributed by atoms with Gasteiger partial charge in [0.05, 0.1) is 16.6 Å². The number of para-hydroxylation sites is 2. The largest absolute Gasteiger partial charge is 0.457 e. The maximum absolute atomic E-state index is 10.7. The van der Waals surface area contributed by atoms with Crippen LogP contribution in [0.5, 0.6) is 11.5 Å². The van der Waals surface area contributed by atoms with Gasteiger partial charge < -0.3 is 14.5 Å². The molecule has 0 fully saturated rings.